The van der Waals surface area contributed by atoms with Crippen LogP contribution >= 0.6 is 0 Å². The lowest BCUT2D eigenvalue weighted by Crippen LogP contribution is -2.43. The second-order valence-corrected chi connectivity index (χ2v) is 9.55. The SMILES string of the molecule is COc1cc(C2CC2)c(F)c(COc2cnc(Nc3ccc(N4CCC(NCCO)CC4)nc3)nc2)c1F. The van der Waals surface area contributed by atoms with Gasteiger partial charge in [0.15, 0.2) is 17.3 Å². The molecule has 0 unspecified atom stereocenters. The highest BCUT2D eigenvalue weighted by Crippen LogP contribution is 2.44. The van der Waals surface area contributed by atoms with Gasteiger partial charge in [0.1, 0.15) is 18.2 Å². The van der Waals surface area contributed by atoms with Crippen LogP contribution < -0.4 is 25.0 Å². The third-order valence-electron chi connectivity index (χ3n) is 6.90. The number of hydrogen-bond donors (Lipinski definition) is 3. The van der Waals surface area contributed by atoms with Gasteiger partial charge in [-0.2, -0.15) is 0 Å². The van der Waals surface area contributed by atoms with Crippen LogP contribution in [0.1, 0.15) is 42.7 Å². The molecular weight excluding hydrogens is 494 g/mol. The van der Waals surface area contributed by atoms with Gasteiger partial charge in [0.2, 0.25) is 5.95 Å². The number of aliphatic hydroxyl groups is 1. The molecule has 0 amide bonds. The Kier molecular flexibility index (Phi) is 8.14. The van der Waals surface area contributed by atoms with Gasteiger partial charge in [0.25, 0.3) is 0 Å². The van der Waals surface area contributed by atoms with Gasteiger partial charge in [-0.15, -0.1) is 0 Å². The van der Waals surface area contributed by atoms with Gasteiger partial charge in [-0.05, 0) is 55.4 Å². The van der Waals surface area contributed by atoms with Crippen LogP contribution in [0.5, 0.6) is 11.5 Å². The summed E-state index contributed by atoms with van der Waals surface area (Å²) in [4.78, 5) is 15.3. The monoisotopic (exact) mass is 526 g/mol. The van der Waals surface area contributed by atoms with E-state index in [1.807, 2.05) is 12.1 Å². The van der Waals surface area contributed by atoms with Crippen molar-refractivity contribution in [2.75, 3.05) is 43.6 Å². The van der Waals surface area contributed by atoms with Crippen LogP contribution in [0.25, 0.3) is 0 Å². The first-order chi connectivity index (χ1) is 18.6. The number of aliphatic hydroxyl groups excluding tert-OH is 1. The van der Waals surface area contributed by atoms with Crippen LogP contribution in [0.2, 0.25) is 0 Å². The molecule has 5 rings (SSSR count). The summed E-state index contributed by atoms with van der Waals surface area (Å²) in [7, 11) is 1.36. The van der Waals surface area contributed by atoms with E-state index in [1.165, 1.54) is 25.6 Å². The first-order valence-corrected chi connectivity index (χ1v) is 12.9. The molecular formula is C27H32F2N6O3. The van der Waals surface area contributed by atoms with Gasteiger partial charge in [-0.25, -0.2) is 23.7 Å². The number of anilines is 3. The Labute approximate surface area is 220 Å². The number of piperidine rings is 1. The number of halogens is 2. The number of rotatable bonds is 11. The molecule has 3 heterocycles. The van der Waals surface area contributed by atoms with Crippen LogP contribution in [0, 0.1) is 11.6 Å². The fourth-order valence-electron chi connectivity index (χ4n) is 4.62. The van der Waals surface area contributed by atoms with Crippen molar-refractivity contribution in [2.45, 2.75) is 44.2 Å². The summed E-state index contributed by atoms with van der Waals surface area (Å²) in [5, 5.41) is 15.4. The molecule has 0 spiro atoms. The Morgan fingerprint density at radius 1 is 1.03 bits per heavy atom. The number of ether oxygens (including phenoxy) is 2. The fraction of sp³-hybridized carbons (Fsp3) is 0.444. The van der Waals surface area contributed by atoms with Gasteiger partial charge in [-0.3, -0.25) is 0 Å². The third kappa shape index (κ3) is 6.11. The molecule has 1 aromatic carbocycles. The number of benzene rings is 1. The molecule has 3 aromatic rings. The largest absolute Gasteiger partial charge is 0.494 e. The minimum absolute atomic E-state index is 0.0156. The molecule has 3 N–H and O–H groups in total. The highest BCUT2D eigenvalue weighted by Gasteiger charge is 2.31. The lowest BCUT2D eigenvalue weighted by atomic mass is 10.0. The van der Waals surface area contributed by atoms with Gasteiger partial charge in [-0.1, -0.05) is 0 Å². The Balaban J connectivity index is 1.15. The molecule has 0 atom stereocenters. The van der Waals surface area contributed by atoms with Crippen molar-refractivity contribution in [3.05, 3.63) is 59.6 Å². The predicted molar refractivity (Wildman–Crippen MR) is 139 cm³/mol. The molecule has 11 heteroatoms. The first-order valence-electron chi connectivity index (χ1n) is 12.9. The molecule has 202 valence electrons. The number of pyridine rings is 1. The lowest BCUT2D eigenvalue weighted by Gasteiger charge is -2.33. The van der Waals surface area contributed by atoms with E-state index in [4.69, 9.17) is 14.6 Å². The molecule has 0 bridgehead atoms. The van der Waals surface area contributed by atoms with Crippen molar-refractivity contribution in [2.24, 2.45) is 0 Å². The topological polar surface area (TPSA) is 105 Å². The Morgan fingerprint density at radius 2 is 1.79 bits per heavy atom. The maximum atomic E-state index is 14.9. The third-order valence-corrected chi connectivity index (χ3v) is 6.90. The number of aromatic nitrogens is 3. The quantitative estimate of drug-likeness (QED) is 0.343. The molecule has 2 aromatic heterocycles. The molecule has 1 saturated carbocycles. The Morgan fingerprint density at radius 3 is 2.42 bits per heavy atom. The number of methoxy groups -OCH3 is 1. The van der Waals surface area contributed by atoms with Gasteiger partial charge >= 0.3 is 0 Å². The highest BCUT2D eigenvalue weighted by atomic mass is 19.1. The molecule has 1 aliphatic carbocycles. The van der Waals surface area contributed by atoms with Crippen molar-refractivity contribution in [1.82, 2.24) is 20.3 Å². The minimum Gasteiger partial charge on any atom is -0.494 e. The predicted octanol–water partition coefficient (Wildman–Crippen LogP) is 3.91. The lowest BCUT2D eigenvalue weighted by molar-refractivity contribution is 0.277. The van der Waals surface area contributed by atoms with Crippen LogP contribution in [-0.2, 0) is 6.61 Å². The highest BCUT2D eigenvalue weighted by molar-refractivity contribution is 5.55. The second-order valence-electron chi connectivity index (χ2n) is 9.55. The Bertz CT molecular complexity index is 1220. The van der Waals surface area contributed by atoms with E-state index in [0.717, 1.165) is 50.3 Å². The summed E-state index contributed by atoms with van der Waals surface area (Å²) < 4.78 is 40.3. The molecule has 2 fully saturated rings. The maximum Gasteiger partial charge on any atom is 0.227 e. The zero-order chi connectivity index (χ0) is 26.5. The minimum atomic E-state index is -0.757. The van der Waals surface area contributed by atoms with Crippen molar-refractivity contribution in [3.8, 4) is 11.5 Å². The summed E-state index contributed by atoms with van der Waals surface area (Å²) in [6.45, 7) is 2.28. The van der Waals surface area contributed by atoms with Gasteiger partial charge < -0.3 is 30.1 Å². The van der Waals surface area contributed by atoms with E-state index in [0.29, 0.717) is 24.1 Å². The van der Waals surface area contributed by atoms with Crippen LogP contribution in [0.3, 0.4) is 0 Å². The molecule has 1 saturated heterocycles. The maximum absolute atomic E-state index is 14.9. The summed E-state index contributed by atoms with van der Waals surface area (Å²) in [6.07, 6.45) is 8.40. The van der Waals surface area contributed by atoms with E-state index in [9.17, 15) is 8.78 Å². The second kappa shape index (κ2) is 11.9. The molecule has 2 aliphatic rings. The van der Waals surface area contributed by atoms with Gasteiger partial charge in [0, 0.05) is 25.7 Å². The van der Waals surface area contributed by atoms with E-state index < -0.39 is 11.6 Å². The number of hydrogen-bond acceptors (Lipinski definition) is 9. The Hall–Kier alpha value is -3.57. The van der Waals surface area contributed by atoms with E-state index in [2.05, 4.69) is 30.5 Å². The number of nitrogens with one attached hydrogen (secondary N) is 2. The molecule has 38 heavy (non-hydrogen) atoms. The normalized spacial score (nSPS) is 15.9. The van der Waals surface area contributed by atoms with Crippen molar-refractivity contribution in [1.29, 1.82) is 0 Å². The van der Waals surface area contributed by atoms with Crippen molar-refractivity contribution < 1.29 is 23.4 Å². The summed E-state index contributed by atoms with van der Waals surface area (Å²) in [5.74, 6) is 0.320. The molecule has 9 nitrogen and oxygen atoms in total. The van der Waals surface area contributed by atoms with E-state index in [1.54, 1.807) is 6.20 Å². The van der Waals surface area contributed by atoms with E-state index >= 15 is 0 Å². The summed E-state index contributed by atoms with van der Waals surface area (Å²) >= 11 is 0. The zero-order valence-electron chi connectivity index (χ0n) is 21.3. The van der Waals surface area contributed by atoms with Crippen LogP contribution in [0.4, 0.5) is 26.2 Å². The first kappa shape index (κ1) is 26.1. The van der Waals surface area contributed by atoms with Gasteiger partial charge in [0.05, 0.1) is 43.6 Å². The van der Waals surface area contributed by atoms with Crippen LogP contribution in [0.15, 0.2) is 36.8 Å². The fourth-order valence-corrected chi connectivity index (χ4v) is 4.62. The van der Waals surface area contributed by atoms with Crippen molar-refractivity contribution in [3.63, 3.8) is 0 Å². The smallest absolute Gasteiger partial charge is 0.227 e. The average Bonchev–Trinajstić information content (AvgIpc) is 3.79. The summed E-state index contributed by atoms with van der Waals surface area (Å²) in [5.41, 5.74) is 1.04. The van der Waals surface area contributed by atoms with Crippen molar-refractivity contribution >= 4 is 17.5 Å². The molecule has 1 aliphatic heterocycles. The average molecular weight is 527 g/mol. The van der Waals surface area contributed by atoms with E-state index in [-0.39, 0.29) is 36.2 Å². The summed E-state index contributed by atoms with van der Waals surface area (Å²) in [6, 6.07) is 5.74. The number of nitrogens with zero attached hydrogens (tertiary/aromatic N) is 4. The van der Waals surface area contributed by atoms with Crippen LogP contribution in [-0.4, -0.2) is 59.5 Å². The zero-order valence-corrected chi connectivity index (χ0v) is 21.3. The standard InChI is InChI=1S/C27H32F2N6O3/c1-37-23-12-21(17-2-3-17)25(28)22(26(23)29)16-38-20-14-32-27(33-15-20)34-19-4-5-24(31-13-19)35-9-6-18(7-10-35)30-8-11-36/h4-5,12-15,17-18,30,36H,2-3,6-11,16H2,1H3,(H,32,33,34). The molecule has 0 radical (unpaired) electrons.